The molecule has 0 spiro atoms. The lowest BCUT2D eigenvalue weighted by atomic mass is 10.1. The molecule has 2 rings (SSSR count). The number of anilines is 2. The number of nitrogen functional groups attached to an aromatic ring is 1. The molecule has 0 aliphatic carbocycles. The van der Waals surface area contributed by atoms with Crippen molar-refractivity contribution in [1.29, 1.82) is 0 Å². The summed E-state index contributed by atoms with van der Waals surface area (Å²) in [5.41, 5.74) is 7.08. The van der Waals surface area contributed by atoms with Crippen LogP contribution in [-0.4, -0.2) is 31.6 Å². The highest BCUT2D eigenvalue weighted by Crippen LogP contribution is 2.21. The monoisotopic (exact) mass is 237 g/mol. The maximum Gasteiger partial charge on any atom is 0.125 e. The Morgan fingerprint density at radius 3 is 3.06 bits per heavy atom. The molecule has 1 saturated heterocycles. The summed E-state index contributed by atoms with van der Waals surface area (Å²) in [6.07, 6.45) is 2.37. The minimum Gasteiger partial charge on any atom is -0.397 e. The van der Waals surface area contributed by atoms with E-state index in [0.717, 1.165) is 18.9 Å². The third-order valence-corrected chi connectivity index (χ3v) is 3.37. The molecule has 0 bridgehead atoms. The van der Waals surface area contributed by atoms with Crippen LogP contribution in [0.5, 0.6) is 0 Å². The fourth-order valence-corrected chi connectivity index (χ4v) is 2.35. The summed E-state index contributed by atoms with van der Waals surface area (Å²) in [7, 11) is 2.15. The van der Waals surface area contributed by atoms with Gasteiger partial charge in [-0.25, -0.2) is 4.39 Å². The number of halogens is 1. The van der Waals surface area contributed by atoms with E-state index in [4.69, 9.17) is 5.73 Å². The molecule has 0 radical (unpaired) electrons. The number of nitrogens with two attached hydrogens (primary N) is 1. The number of likely N-dealkylation sites (tertiary alicyclic amines) is 1. The van der Waals surface area contributed by atoms with Gasteiger partial charge in [-0.1, -0.05) is 0 Å². The predicted molar refractivity (Wildman–Crippen MR) is 69.5 cm³/mol. The van der Waals surface area contributed by atoms with Crippen LogP contribution in [0.3, 0.4) is 0 Å². The minimum absolute atomic E-state index is 0.248. The van der Waals surface area contributed by atoms with Gasteiger partial charge in [0.15, 0.2) is 0 Å². The Morgan fingerprint density at radius 1 is 1.53 bits per heavy atom. The van der Waals surface area contributed by atoms with Gasteiger partial charge in [0.05, 0.1) is 11.4 Å². The molecule has 0 amide bonds. The van der Waals surface area contributed by atoms with Gasteiger partial charge in [0.25, 0.3) is 0 Å². The molecule has 1 atom stereocenters. The van der Waals surface area contributed by atoms with E-state index in [1.54, 1.807) is 6.07 Å². The van der Waals surface area contributed by atoms with Gasteiger partial charge in [-0.15, -0.1) is 0 Å². The smallest absolute Gasteiger partial charge is 0.125 e. The summed E-state index contributed by atoms with van der Waals surface area (Å²) >= 11 is 0. The van der Waals surface area contributed by atoms with Crippen LogP contribution in [0.15, 0.2) is 18.2 Å². The van der Waals surface area contributed by atoms with Crippen molar-refractivity contribution < 1.29 is 4.39 Å². The first-order valence-corrected chi connectivity index (χ1v) is 6.12. The van der Waals surface area contributed by atoms with Gasteiger partial charge in [-0.05, 0) is 50.6 Å². The molecule has 94 valence electrons. The molecule has 1 aliphatic heterocycles. The molecule has 1 aliphatic rings. The average Bonchev–Trinajstić information content (AvgIpc) is 2.69. The Kier molecular flexibility index (Phi) is 3.84. The Balaban J connectivity index is 1.80. The maximum atomic E-state index is 13.0. The molecule has 1 aromatic rings. The van der Waals surface area contributed by atoms with E-state index in [0.29, 0.717) is 11.4 Å². The van der Waals surface area contributed by atoms with Gasteiger partial charge in [-0.3, -0.25) is 0 Å². The van der Waals surface area contributed by atoms with E-state index in [2.05, 4.69) is 17.3 Å². The van der Waals surface area contributed by atoms with Crippen LogP contribution < -0.4 is 11.1 Å². The maximum absolute atomic E-state index is 13.0. The van der Waals surface area contributed by atoms with E-state index in [1.807, 2.05) is 0 Å². The predicted octanol–water partition coefficient (Wildman–Crippen LogP) is 2.16. The van der Waals surface area contributed by atoms with Gasteiger partial charge in [0.2, 0.25) is 0 Å². The highest BCUT2D eigenvalue weighted by Gasteiger charge is 2.18. The Morgan fingerprint density at radius 2 is 2.35 bits per heavy atom. The topological polar surface area (TPSA) is 41.3 Å². The third-order valence-electron chi connectivity index (χ3n) is 3.37. The molecular formula is C13H20FN3. The number of hydrogen-bond donors (Lipinski definition) is 2. The van der Waals surface area contributed by atoms with Crippen LogP contribution in [0.25, 0.3) is 0 Å². The van der Waals surface area contributed by atoms with Crippen molar-refractivity contribution in [1.82, 2.24) is 4.90 Å². The Labute approximate surface area is 102 Å². The average molecular weight is 237 g/mol. The fraction of sp³-hybridized carbons (Fsp3) is 0.538. The van der Waals surface area contributed by atoms with Crippen LogP contribution in [0.4, 0.5) is 15.8 Å². The van der Waals surface area contributed by atoms with E-state index >= 15 is 0 Å². The largest absolute Gasteiger partial charge is 0.397 e. The van der Waals surface area contributed by atoms with Gasteiger partial charge < -0.3 is 16.0 Å². The summed E-state index contributed by atoms with van der Waals surface area (Å²) in [5, 5.41) is 3.21. The molecule has 17 heavy (non-hydrogen) atoms. The molecule has 0 aromatic heterocycles. The lowest BCUT2D eigenvalue weighted by Crippen LogP contribution is -2.16. The first-order valence-electron chi connectivity index (χ1n) is 6.12. The standard InChI is InChI=1S/C13H20FN3/c1-17-7-5-10(9-17)4-6-16-13-8-11(14)2-3-12(13)15/h2-3,8,10,16H,4-7,9,15H2,1H3. The third kappa shape index (κ3) is 3.33. The van der Waals surface area contributed by atoms with Crippen molar-refractivity contribution in [3.8, 4) is 0 Å². The van der Waals surface area contributed by atoms with Gasteiger partial charge in [0, 0.05) is 13.1 Å². The fourth-order valence-electron chi connectivity index (χ4n) is 2.35. The zero-order valence-corrected chi connectivity index (χ0v) is 10.2. The highest BCUT2D eigenvalue weighted by atomic mass is 19.1. The first kappa shape index (κ1) is 12.2. The second kappa shape index (κ2) is 5.36. The van der Waals surface area contributed by atoms with Crippen molar-refractivity contribution in [2.75, 3.05) is 37.7 Å². The molecule has 1 heterocycles. The molecule has 3 nitrogen and oxygen atoms in total. The van der Waals surface area contributed by atoms with E-state index in [9.17, 15) is 4.39 Å². The van der Waals surface area contributed by atoms with Crippen LogP contribution >= 0.6 is 0 Å². The zero-order chi connectivity index (χ0) is 12.3. The molecule has 3 N–H and O–H groups in total. The second-order valence-corrected chi connectivity index (χ2v) is 4.86. The summed E-state index contributed by atoms with van der Waals surface area (Å²) in [5.74, 6) is 0.504. The molecular weight excluding hydrogens is 217 g/mol. The molecule has 1 unspecified atom stereocenters. The number of benzene rings is 1. The number of rotatable bonds is 4. The summed E-state index contributed by atoms with van der Waals surface area (Å²) in [6.45, 7) is 3.21. The Hall–Kier alpha value is -1.29. The van der Waals surface area contributed by atoms with Gasteiger partial charge in [0.1, 0.15) is 5.82 Å². The lowest BCUT2D eigenvalue weighted by Gasteiger charge is -2.13. The Bertz CT molecular complexity index is 381. The van der Waals surface area contributed by atoms with Crippen LogP contribution in [0.2, 0.25) is 0 Å². The van der Waals surface area contributed by atoms with Crippen LogP contribution in [-0.2, 0) is 0 Å². The number of hydrogen-bond acceptors (Lipinski definition) is 3. The molecule has 0 saturated carbocycles. The van der Waals surface area contributed by atoms with Gasteiger partial charge in [-0.2, -0.15) is 0 Å². The van der Waals surface area contributed by atoms with Crippen LogP contribution in [0, 0.1) is 11.7 Å². The second-order valence-electron chi connectivity index (χ2n) is 4.86. The first-order chi connectivity index (χ1) is 8.15. The van der Waals surface area contributed by atoms with E-state index in [1.165, 1.54) is 31.6 Å². The molecule has 1 aromatic carbocycles. The molecule has 4 heteroatoms. The van der Waals surface area contributed by atoms with Crippen molar-refractivity contribution in [2.45, 2.75) is 12.8 Å². The quantitative estimate of drug-likeness (QED) is 0.788. The van der Waals surface area contributed by atoms with E-state index < -0.39 is 0 Å². The summed E-state index contributed by atoms with van der Waals surface area (Å²) < 4.78 is 13.0. The zero-order valence-electron chi connectivity index (χ0n) is 10.2. The van der Waals surface area contributed by atoms with Gasteiger partial charge >= 0.3 is 0 Å². The molecule has 1 fully saturated rings. The van der Waals surface area contributed by atoms with E-state index in [-0.39, 0.29) is 5.82 Å². The van der Waals surface area contributed by atoms with Crippen LogP contribution in [0.1, 0.15) is 12.8 Å². The summed E-state index contributed by atoms with van der Waals surface area (Å²) in [4.78, 5) is 2.35. The number of nitrogens with one attached hydrogen (secondary N) is 1. The highest BCUT2D eigenvalue weighted by molar-refractivity contribution is 5.65. The minimum atomic E-state index is -0.248. The number of nitrogens with zero attached hydrogens (tertiary/aromatic N) is 1. The summed E-state index contributed by atoms with van der Waals surface area (Å²) in [6, 6.07) is 4.43. The van der Waals surface area contributed by atoms with Crippen molar-refractivity contribution in [3.05, 3.63) is 24.0 Å². The van der Waals surface area contributed by atoms with Crippen molar-refractivity contribution in [3.63, 3.8) is 0 Å². The van der Waals surface area contributed by atoms with Crippen molar-refractivity contribution >= 4 is 11.4 Å². The van der Waals surface area contributed by atoms with Crippen molar-refractivity contribution in [2.24, 2.45) is 5.92 Å². The lowest BCUT2D eigenvalue weighted by molar-refractivity contribution is 0.390. The normalized spacial score (nSPS) is 20.7. The SMILES string of the molecule is CN1CCC(CCNc2cc(F)ccc2N)C1.